The number of aryl methyl sites for hydroxylation is 1. The van der Waals surface area contributed by atoms with Gasteiger partial charge in [-0.15, -0.1) is 0 Å². The molecule has 0 aliphatic rings. The molecule has 148 valence electrons. The van der Waals surface area contributed by atoms with Crippen LogP contribution in [0.5, 0.6) is 17.2 Å². The van der Waals surface area contributed by atoms with E-state index in [0.29, 0.717) is 34.3 Å². The van der Waals surface area contributed by atoms with E-state index in [0.717, 1.165) is 5.01 Å². The minimum Gasteiger partial charge on any atom is -0.493 e. The number of nitrogens with zero attached hydrogens (tertiary/aromatic N) is 3. The van der Waals surface area contributed by atoms with Gasteiger partial charge < -0.3 is 18.9 Å². The van der Waals surface area contributed by atoms with Crippen LogP contribution >= 0.6 is 11.3 Å². The number of fused-ring (bicyclic) bond motifs is 1. The van der Waals surface area contributed by atoms with E-state index in [9.17, 15) is 9.59 Å². The van der Waals surface area contributed by atoms with E-state index in [1.165, 1.54) is 55.4 Å². The molecule has 28 heavy (non-hydrogen) atoms. The molecule has 0 saturated heterocycles. The van der Waals surface area contributed by atoms with Gasteiger partial charge in [-0.3, -0.25) is 4.79 Å². The largest absolute Gasteiger partial charge is 0.493 e. The third kappa shape index (κ3) is 3.77. The van der Waals surface area contributed by atoms with Gasteiger partial charge in [0.15, 0.2) is 11.5 Å². The number of benzene rings is 1. The molecule has 3 aromatic rings. The van der Waals surface area contributed by atoms with Crippen molar-refractivity contribution in [2.24, 2.45) is 0 Å². The molecule has 10 heteroatoms. The fourth-order valence-electron chi connectivity index (χ4n) is 2.53. The van der Waals surface area contributed by atoms with Gasteiger partial charge >= 0.3 is 5.97 Å². The average molecular weight is 405 g/mol. The maximum absolute atomic E-state index is 12.5. The summed E-state index contributed by atoms with van der Waals surface area (Å²) in [5.74, 6) is 0.435. The Morgan fingerprint density at radius 1 is 1.11 bits per heavy atom. The van der Waals surface area contributed by atoms with Gasteiger partial charge in [0, 0.05) is 6.07 Å². The van der Waals surface area contributed by atoms with Crippen molar-refractivity contribution in [1.29, 1.82) is 0 Å². The molecule has 0 bridgehead atoms. The summed E-state index contributed by atoms with van der Waals surface area (Å²) in [4.78, 5) is 29.4. The van der Waals surface area contributed by atoms with Crippen LogP contribution in [0.15, 0.2) is 23.0 Å². The summed E-state index contributed by atoms with van der Waals surface area (Å²) in [7, 11) is 4.39. The number of hydrogen-bond acceptors (Lipinski definition) is 9. The molecular formula is C18H19N3O6S. The highest BCUT2D eigenvalue weighted by molar-refractivity contribution is 7.16. The van der Waals surface area contributed by atoms with Crippen molar-refractivity contribution in [3.8, 4) is 17.2 Å². The molecule has 2 aromatic heterocycles. The van der Waals surface area contributed by atoms with Gasteiger partial charge in [-0.2, -0.15) is 9.61 Å². The molecule has 0 amide bonds. The second kappa shape index (κ2) is 8.26. The lowest BCUT2D eigenvalue weighted by Gasteiger charge is -2.13. The predicted molar refractivity (Wildman–Crippen MR) is 102 cm³/mol. The number of carbonyl (C=O) groups is 1. The van der Waals surface area contributed by atoms with Crippen LogP contribution in [-0.2, 0) is 17.8 Å². The Morgan fingerprint density at radius 2 is 1.79 bits per heavy atom. The molecule has 0 atom stereocenters. The first-order chi connectivity index (χ1) is 13.5. The summed E-state index contributed by atoms with van der Waals surface area (Å²) in [6.07, 6.45) is 0.707. The lowest BCUT2D eigenvalue weighted by molar-refractivity contribution is 0.0467. The number of hydrogen-bond donors (Lipinski definition) is 0. The van der Waals surface area contributed by atoms with Gasteiger partial charge in [0.25, 0.3) is 5.56 Å². The Balaban J connectivity index is 1.82. The third-order valence-electron chi connectivity index (χ3n) is 3.89. The zero-order valence-electron chi connectivity index (χ0n) is 15.8. The van der Waals surface area contributed by atoms with Gasteiger partial charge in [0.05, 0.1) is 32.6 Å². The van der Waals surface area contributed by atoms with Crippen molar-refractivity contribution in [2.45, 2.75) is 20.0 Å². The normalized spacial score (nSPS) is 10.7. The maximum atomic E-state index is 12.5. The number of ether oxygens (including phenoxy) is 4. The lowest BCUT2D eigenvalue weighted by atomic mass is 10.2. The summed E-state index contributed by atoms with van der Waals surface area (Å²) in [6, 6.07) is 4.28. The molecule has 0 fully saturated rings. The summed E-state index contributed by atoms with van der Waals surface area (Å²) in [5.41, 5.74) is 0.246. The van der Waals surface area contributed by atoms with Crippen molar-refractivity contribution in [2.75, 3.05) is 21.3 Å². The Bertz CT molecular complexity index is 1050. The van der Waals surface area contributed by atoms with Gasteiger partial charge in [0.1, 0.15) is 11.6 Å². The highest BCUT2D eigenvalue weighted by atomic mass is 32.1. The molecule has 0 unspecified atom stereocenters. The molecule has 3 rings (SSSR count). The summed E-state index contributed by atoms with van der Waals surface area (Å²) in [6.45, 7) is 1.80. The zero-order chi connectivity index (χ0) is 20.3. The molecule has 0 saturated carbocycles. The first kappa shape index (κ1) is 19.6. The van der Waals surface area contributed by atoms with Crippen LogP contribution in [0.1, 0.15) is 28.0 Å². The molecule has 2 heterocycles. The van der Waals surface area contributed by atoms with Gasteiger partial charge in [0.2, 0.25) is 10.7 Å². The summed E-state index contributed by atoms with van der Waals surface area (Å²) < 4.78 is 22.3. The highest BCUT2D eigenvalue weighted by Gasteiger charge is 2.18. The number of methoxy groups -OCH3 is 3. The molecule has 0 N–H and O–H groups in total. The molecule has 9 nitrogen and oxygen atoms in total. The first-order valence-corrected chi connectivity index (χ1v) is 9.18. The van der Waals surface area contributed by atoms with E-state index in [4.69, 9.17) is 18.9 Å². The number of rotatable bonds is 7. The quantitative estimate of drug-likeness (QED) is 0.551. The molecule has 0 spiro atoms. The third-order valence-corrected chi connectivity index (χ3v) is 4.95. The monoisotopic (exact) mass is 405 g/mol. The van der Waals surface area contributed by atoms with Gasteiger partial charge in [-0.25, -0.2) is 9.78 Å². The minimum atomic E-state index is -0.611. The van der Waals surface area contributed by atoms with Crippen LogP contribution in [-0.4, -0.2) is 41.9 Å². The minimum absolute atomic E-state index is 0.152. The molecular weight excluding hydrogens is 386 g/mol. The van der Waals surface area contributed by atoms with Crippen LogP contribution < -0.4 is 19.8 Å². The molecule has 0 aliphatic carbocycles. The van der Waals surface area contributed by atoms with Crippen molar-refractivity contribution in [3.05, 3.63) is 44.8 Å². The van der Waals surface area contributed by atoms with E-state index in [1.807, 2.05) is 6.92 Å². The first-order valence-electron chi connectivity index (χ1n) is 8.36. The van der Waals surface area contributed by atoms with E-state index in [1.54, 1.807) is 0 Å². The topological polar surface area (TPSA) is 101 Å². The standard InChI is InChI=1S/C18H19N3O6S/c1-5-14-20-21-15(22)8-11(19-18(21)28-14)9-27-17(23)10-6-12(24-2)16(26-4)13(7-10)25-3/h6-8H,5,9H2,1-4H3. The average Bonchev–Trinajstić information content (AvgIpc) is 3.14. The van der Waals surface area contributed by atoms with Gasteiger partial charge in [-0.05, 0) is 18.6 Å². The van der Waals surface area contributed by atoms with Crippen LogP contribution in [0.25, 0.3) is 4.96 Å². The maximum Gasteiger partial charge on any atom is 0.338 e. The smallest absolute Gasteiger partial charge is 0.338 e. The van der Waals surface area contributed by atoms with Crippen LogP contribution in [0.3, 0.4) is 0 Å². The second-order valence-electron chi connectivity index (χ2n) is 5.62. The number of aromatic nitrogens is 3. The molecule has 1 aromatic carbocycles. The van der Waals surface area contributed by atoms with Crippen molar-refractivity contribution < 1.29 is 23.7 Å². The molecule has 0 aliphatic heterocycles. The zero-order valence-corrected chi connectivity index (χ0v) is 16.7. The lowest BCUT2D eigenvalue weighted by Crippen LogP contribution is -2.16. The van der Waals surface area contributed by atoms with Crippen LogP contribution in [0, 0.1) is 0 Å². The number of esters is 1. The Kier molecular flexibility index (Phi) is 5.78. The second-order valence-corrected chi connectivity index (χ2v) is 6.66. The SMILES string of the molecule is CCc1nn2c(=O)cc(COC(=O)c3cc(OC)c(OC)c(OC)c3)nc2s1. The Morgan fingerprint density at radius 3 is 2.36 bits per heavy atom. The van der Waals surface area contributed by atoms with E-state index >= 15 is 0 Å². The van der Waals surface area contributed by atoms with Crippen LogP contribution in [0.4, 0.5) is 0 Å². The summed E-state index contributed by atoms with van der Waals surface area (Å²) in [5, 5.41) is 4.98. The molecule has 0 radical (unpaired) electrons. The van der Waals surface area contributed by atoms with Gasteiger partial charge in [-0.1, -0.05) is 18.3 Å². The van der Waals surface area contributed by atoms with Crippen molar-refractivity contribution in [1.82, 2.24) is 14.6 Å². The fraction of sp³-hybridized carbons (Fsp3) is 0.333. The van der Waals surface area contributed by atoms with Crippen LogP contribution in [0.2, 0.25) is 0 Å². The fourth-order valence-corrected chi connectivity index (χ4v) is 3.39. The van der Waals surface area contributed by atoms with E-state index in [-0.39, 0.29) is 17.7 Å². The Labute approximate surface area is 164 Å². The van der Waals surface area contributed by atoms with E-state index < -0.39 is 5.97 Å². The highest BCUT2D eigenvalue weighted by Crippen LogP contribution is 2.38. The summed E-state index contributed by atoms with van der Waals surface area (Å²) >= 11 is 1.32. The Hall–Kier alpha value is -3.14. The predicted octanol–water partition coefficient (Wildman–Crippen LogP) is 2.10. The van der Waals surface area contributed by atoms with E-state index in [2.05, 4.69) is 10.1 Å². The van der Waals surface area contributed by atoms with Crippen molar-refractivity contribution in [3.63, 3.8) is 0 Å². The van der Waals surface area contributed by atoms with Crippen molar-refractivity contribution >= 4 is 22.3 Å². The number of carbonyl (C=O) groups excluding carboxylic acids is 1.